The fourth-order valence-electron chi connectivity index (χ4n) is 1.90. The Morgan fingerprint density at radius 2 is 2.00 bits per heavy atom. The maximum Gasteiger partial charge on any atom is 0.256 e. The van der Waals surface area contributed by atoms with Crippen molar-refractivity contribution >= 4 is 17.3 Å². The van der Waals surface area contributed by atoms with Gasteiger partial charge in [0.05, 0.1) is 12.8 Å². The highest BCUT2D eigenvalue weighted by Gasteiger charge is 2.12. The number of phenolic OH excluding ortho intramolecular Hbond substituents is 1. The summed E-state index contributed by atoms with van der Waals surface area (Å²) in [5, 5.41) is 12.1. The van der Waals surface area contributed by atoms with Crippen LogP contribution in [0.5, 0.6) is 11.5 Å². The molecule has 0 heterocycles. The normalized spacial score (nSPS) is 10.1. The second kappa shape index (κ2) is 5.52. The van der Waals surface area contributed by atoms with Gasteiger partial charge in [0.25, 0.3) is 5.91 Å². The highest BCUT2D eigenvalue weighted by Crippen LogP contribution is 2.27. The molecule has 0 aromatic heterocycles. The summed E-state index contributed by atoms with van der Waals surface area (Å²) in [6.07, 6.45) is 0. The lowest BCUT2D eigenvalue weighted by atomic mass is 10.1. The molecule has 0 atom stereocenters. The predicted molar refractivity (Wildman–Crippen MR) is 78.2 cm³/mol. The van der Waals surface area contributed by atoms with E-state index in [9.17, 15) is 9.90 Å². The number of nitrogens with two attached hydrogens (primary N) is 1. The van der Waals surface area contributed by atoms with Gasteiger partial charge in [-0.2, -0.15) is 0 Å². The van der Waals surface area contributed by atoms with Crippen LogP contribution >= 0.6 is 0 Å². The van der Waals surface area contributed by atoms with Crippen molar-refractivity contribution in [2.24, 2.45) is 0 Å². The second-order valence-electron chi connectivity index (χ2n) is 4.41. The smallest absolute Gasteiger partial charge is 0.256 e. The molecule has 1 amide bonds. The van der Waals surface area contributed by atoms with Gasteiger partial charge in [-0.05, 0) is 42.8 Å². The van der Waals surface area contributed by atoms with Crippen molar-refractivity contribution in [2.45, 2.75) is 6.92 Å². The van der Waals surface area contributed by atoms with E-state index in [1.54, 1.807) is 31.2 Å². The molecule has 0 aliphatic heterocycles. The number of amides is 1. The van der Waals surface area contributed by atoms with Crippen LogP contribution in [-0.4, -0.2) is 18.1 Å². The first-order chi connectivity index (χ1) is 9.51. The van der Waals surface area contributed by atoms with Crippen LogP contribution in [0, 0.1) is 6.92 Å². The molecule has 2 rings (SSSR count). The van der Waals surface area contributed by atoms with E-state index < -0.39 is 0 Å². The zero-order valence-electron chi connectivity index (χ0n) is 11.3. The minimum atomic E-state index is -0.273. The summed E-state index contributed by atoms with van der Waals surface area (Å²) in [5.41, 5.74) is 7.94. The Bertz CT molecular complexity index is 654. The first kappa shape index (κ1) is 13.7. The molecule has 0 fully saturated rings. The summed E-state index contributed by atoms with van der Waals surface area (Å²) in [5.74, 6) is 0.351. The highest BCUT2D eigenvalue weighted by molar-refractivity contribution is 6.06. The molecule has 0 bridgehead atoms. The molecule has 20 heavy (non-hydrogen) atoms. The number of nitrogens with one attached hydrogen (secondary N) is 1. The molecular weight excluding hydrogens is 256 g/mol. The van der Waals surface area contributed by atoms with Crippen molar-refractivity contribution in [2.75, 3.05) is 18.2 Å². The number of hydrogen-bond donors (Lipinski definition) is 3. The van der Waals surface area contributed by atoms with Crippen molar-refractivity contribution in [3.8, 4) is 11.5 Å². The number of rotatable bonds is 3. The summed E-state index contributed by atoms with van der Waals surface area (Å²) < 4.78 is 5.18. The Labute approximate surface area is 117 Å². The molecule has 104 valence electrons. The van der Waals surface area contributed by atoms with Gasteiger partial charge in [0.1, 0.15) is 11.5 Å². The van der Waals surface area contributed by atoms with E-state index in [1.165, 1.54) is 19.2 Å². The topological polar surface area (TPSA) is 84.6 Å². The molecule has 0 radical (unpaired) electrons. The van der Waals surface area contributed by atoms with Gasteiger partial charge >= 0.3 is 0 Å². The number of anilines is 2. The Morgan fingerprint density at radius 1 is 1.25 bits per heavy atom. The Balaban J connectivity index is 2.28. The maximum atomic E-state index is 12.2. The largest absolute Gasteiger partial charge is 0.508 e. The van der Waals surface area contributed by atoms with Crippen LogP contribution in [0.15, 0.2) is 36.4 Å². The maximum absolute atomic E-state index is 12.2. The van der Waals surface area contributed by atoms with Gasteiger partial charge in [0.2, 0.25) is 0 Å². The van der Waals surface area contributed by atoms with Gasteiger partial charge in [-0.1, -0.05) is 0 Å². The quantitative estimate of drug-likeness (QED) is 0.750. The van der Waals surface area contributed by atoms with E-state index in [0.29, 0.717) is 28.3 Å². The van der Waals surface area contributed by atoms with E-state index in [-0.39, 0.29) is 11.7 Å². The van der Waals surface area contributed by atoms with Crippen LogP contribution in [0.25, 0.3) is 0 Å². The minimum absolute atomic E-state index is 0.129. The van der Waals surface area contributed by atoms with Crippen molar-refractivity contribution in [1.82, 2.24) is 0 Å². The predicted octanol–water partition coefficient (Wildman–Crippen LogP) is 2.54. The summed E-state index contributed by atoms with van der Waals surface area (Å²) in [6, 6.07) is 9.59. The van der Waals surface area contributed by atoms with Crippen LogP contribution in [0.1, 0.15) is 15.9 Å². The average Bonchev–Trinajstić information content (AvgIpc) is 2.40. The van der Waals surface area contributed by atoms with Crippen LogP contribution in [0.2, 0.25) is 0 Å². The SMILES string of the molecule is COc1cc(N)ccc1NC(=O)c1ccc(O)cc1C. The van der Waals surface area contributed by atoms with Crippen molar-refractivity contribution in [3.05, 3.63) is 47.5 Å². The Morgan fingerprint density at radius 3 is 2.65 bits per heavy atom. The van der Waals surface area contributed by atoms with Gasteiger partial charge in [0.15, 0.2) is 0 Å². The first-order valence-electron chi connectivity index (χ1n) is 6.05. The van der Waals surface area contributed by atoms with Gasteiger partial charge in [-0.25, -0.2) is 0 Å². The second-order valence-corrected chi connectivity index (χ2v) is 4.41. The third-order valence-electron chi connectivity index (χ3n) is 2.93. The fourth-order valence-corrected chi connectivity index (χ4v) is 1.90. The first-order valence-corrected chi connectivity index (χ1v) is 6.05. The van der Waals surface area contributed by atoms with E-state index in [2.05, 4.69) is 5.32 Å². The summed E-state index contributed by atoms with van der Waals surface area (Å²) in [6.45, 7) is 1.76. The number of nitrogen functional groups attached to an aromatic ring is 1. The van der Waals surface area contributed by atoms with Crippen molar-refractivity contribution < 1.29 is 14.6 Å². The van der Waals surface area contributed by atoms with Crippen LogP contribution in [0.3, 0.4) is 0 Å². The van der Waals surface area contributed by atoms with Crippen LogP contribution in [0.4, 0.5) is 11.4 Å². The van der Waals surface area contributed by atoms with Crippen molar-refractivity contribution in [3.63, 3.8) is 0 Å². The minimum Gasteiger partial charge on any atom is -0.508 e. The standard InChI is InChI=1S/C15H16N2O3/c1-9-7-11(18)4-5-12(9)15(19)17-13-6-3-10(16)8-14(13)20-2/h3-8,18H,16H2,1-2H3,(H,17,19). The summed E-state index contributed by atoms with van der Waals surface area (Å²) in [4.78, 5) is 12.2. The number of aryl methyl sites for hydroxylation is 1. The molecule has 2 aromatic rings. The number of carbonyl (C=O) groups is 1. The van der Waals surface area contributed by atoms with Gasteiger partial charge in [-0.15, -0.1) is 0 Å². The monoisotopic (exact) mass is 272 g/mol. The molecule has 0 aliphatic rings. The number of carbonyl (C=O) groups excluding carboxylic acids is 1. The number of benzene rings is 2. The fraction of sp³-hybridized carbons (Fsp3) is 0.133. The highest BCUT2D eigenvalue weighted by atomic mass is 16.5. The Kier molecular flexibility index (Phi) is 3.79. The molecule has 0 saturated carbocycles. The molecule has 5 heteroatoms. The Hall–Kier alpha value is -2.69. The molecule has 5 nitrogen and oxygen atoms in total. The number of methoxy groups -OCH3 is 1. The van der Waals surface area contributed by atoms with E-state index in [4.69, 9.17) is 10.5 Å². The van der Waals surface area contributed by atoms with Gasteiger partial charge in [-0.3, -0.25) is 4.79 Å². The lowest BCUT2D eigenvalue weighted by Crippen LogP contribution is -2.14. The molecule has 0 aliphatic carbocycles. The summed E-state index contributed by atoms with van der Waals surface area (Å²) in [7, 11) is 1.51. The van der Waals surface area contributed by atoms with E-state index in [1.807, 2.05) is 0 Å². The van der Waals surface area contributed by atoms with Crippen LogP contribution in [-0.2, 0) is 0 Å². The molecule has 0 saturated heterocycles. The molecule has 2 aromatic carbocycles. The van der Waals surface area contributed by atoms with Gasteiger partial charge < -0.3 is 20.9 Å². The molecular formula is C15H16N2O3. The lowest BCUT2D eigenvalue weighted by molar-refractivity contribution is 0.102. The third kappa shape index (κ3) is 2.83. The number of aromatic hydroxyl groups is 1. The molecule has 4 N–H and O–H groups in total. The molecule has 0 unspecified atom stereocenters. The average molecular weight is 272 g/mol. The third-order valence-corrected chi connectivity index (χ3v) is 2.93. The van der Waals surface area contributed by atoms with Crippen molar-refractivity contribution in [1.29, 1.82) is 0 Å². The van der Waals surface area contributed by atoms with Crippen LogP contribution < -0.4 is 15.8 Å². The summed E-state index contributed by atoms with van der Waals surface area (Å²) >= 11 is 0. The zero-order chi connectivity index (χ0) is 14.7. The molecule has 0 spiro atoms. The van der Waals surface area contributed by atoms with E-state index in [0.717, 1.165) is 0 Å². The number of hydrogen-bond acceptors (Lipinski definition) is 4. The lowest BCUT2D eigenvalue weighted by Gasteiger charge is -2.12. The van der Waals surface area contributed by atoms with Gasteiger partial charge in [0, 0.05) is 17.3 Å². The van der Waals surface area contributed by atoms with E-state index >= 15 is 0 Å². The number of ether oxygens (including phenoxy) is 1. The number of phenols is 1. The zero-order valence-corrected chi connectivity index (χ0v) is 11.3.